The maximum absolute atomic E-state index is 5.39. The monoisotopic (exact) mass is 241 g/mol. The van der Waals surface area contributed by atoms with Gasteiger partial charge in [0.1, 0.15) is 5.75 Å². The highest BCUT2D eigenvalue weighted by Gasteiger charge is 2.02. The van der Waals surface area contributed by atoms with Crippen molar-refractivity contribution in [3.05, 3.63) is 48.0 Å². The Morgan fingerprint density at radius 2 is 2.33 bits per heavy atom. The fourth-order valence-electron chi connectivity index (χ4n) is 1.69. The zero-order valence-corrected chi connectivity index (χ0v) is 10.3. The predicted molar refractivity (Wildman–Crippen MR) is 70.3 cm³/mol. The first-order valence-electron chi connectivity index (χ1n) is 5.65. The molecular weight excluding hydrogens is 226 g/mol. The van der Waals surface area contributed by atoms with Gasteiger partial charge in [-0.1, -0.05) is 17.9 Å². The molecule has 18 heavy (non-hydrogen) atoms. The zero-order valence-electron chi connectivity index (χ0n) is 10.3. The second-order valence-corrected chi connectivity index (χ2v) is 3.78. The van der Waals surface area contributed by atoms with Gasteiger partial charge in [0.2, 0.25) is 0 Å². The molecule has 4 nitrogen and oxygen atoms in total. The van der Waals surface area contributed by atoms with Gasteiger partial charge in [-0.3, -0.25) is 0 Å². The maximum atomic E-state index is 5.39. The molecule has 0 radical (unpaired) electrons. The normalized spacial score (nSPS) is 9.67. The van der Waals surface area contributed by atoms with Crippen LogP contribution in [-0.4, -0.2) is 23.2 Å². The van der Waals surface area contributed by atoms with E-state index >= 15 is 0 Å². The summed E-state index contributed by atoms with van der Waals surface area (Å²) in [4.78, 5) is 4.02. The van der Waals surface area contributed by atoms with Crippen molar-refractivity contribution in [2.75, 3.05) is 13.7 Å². The number of benzene rings is 1. The van der Waals surface area contributed by atoms with E-state index in [4.69, 9.17) is 10.5 Å². The summed E-state index contributed by atoms with van der Waals surface area (Å²) in [5.41, 5.74) is 7.40. The minimum atomic E-state index is 0.342. The fraction of sp³-hybridized carbons (Fsp3) is 0.214. The first kappa shape index (κ1) is 12.2. The molecule has 0 atom stereocenters. The summed E-state index contributed by atoms with van der Waals surface area (Å²) < 4.78 is 7.27. The van der Waals surface area contributed by atoms with Crippen molar-refractivity contribution in [1.29, 1.82) is 0 Å². The maximum Gasteiger partial charge on any atom is 0.134 e. The Morgan fingerprint density at radius 3 is 3.00 bits per heavy atom. The number of rotatable bonds is 3. The van der Waals surface area contributed by atoms with Gasteiger partial charge in [0.05, 0.1) is 25.5 Å². The highest BCUT2D eigenvalue weighted by Crippen LogP contribution is 2.19. The van der Waals surface area contributed by atoms with E-state index in [0.717, 1.165) is 23.4 Å². The minimum Gasteiger partial charge on any atom is -0.495 e. The van der Waals surface area contributed by atoms with Crippen molar-refractivity contribution < 1.29 is 4.74 Å². The summed E-state index contributed by atoms with van der Waals surface area (Å²) in [6.07, 6.45) is 5.48. The van der Waals surface area contributed by atoms with Gasteiger partial charge in [0.15, 0.2) is 0 Å². The molecular formula is C14H15N3O. The molecule has 0 fully saturated rings. The van der Waals surface area contributed by atoms with Crippen molar-refractivity contribution >= 4 is 0 Å². The standard InChI is InChI=1S/C14H15N3O/c1-18-14-5-4-12(9-13(14)3-2-6-15)10-17-8-7-16-11-17/h4-5,7-9,11H,6,10,15H2,1H3. The third-order valence-electron chi connectivity index (χ3n) is 2.51. The van der Waals surface area contributed by atoms with Crippen LogP contribution in [0.3, 0.4) is 0 Å². The average molecular weight is 241 g/mol. The van der Waals surface area contributed by atoms with Gasteiger partial charge in [-0.25, -0.2) is 4.98 Å². The summed E-state index contributed by atoms with van der Waals surface area (Å²) in [6.45, 7) is 1.11. The number of methoxy groups -OCH3 is 1. The number of aromatic nitrogens is 2. The van der Waals surface area contributed by atoms with E-state index in [1.54, 1.807) is 19.6 Å². The molecule has 0 aliphatic heterocycles. The van der Waals surface area contributed by atoms with Crippen LogP contribution in [0, 0.1) is 11.8 Å². The molecule has 0 saturated carbocycles. The number of ether oxygens (including phenoxy) is 1. The topological polar surface area (TPSA) is 53.1 Å². The summed E-state index contributed by atoms with van der Waals surface area (Å²) in [7, 11) is 1.64. The molecule has 0 bridgehead atoms. The molecule has 1 aromatic carbocycles. The second-order valence-electron chi connectivity index (χ2n) is 3.78. The first-order chi connectivity index (χ1) is 8.83. The molecule has 2 aromatic rings. The molecule has 0 aliphatic carbocycles. The van der Waals surface area contributed by atoms with Crippen LogP contribution in [-0.2, 0) is 6.54 Å². The zero-order chi connectivity index (χ0) is 12.8. The third kappa shape index (κ3) is 2.90. The molecule has 1 aromatic heterocycles. The average Bonchev–Trinajstić information content (AvgIpc) is 2.89. The SMILES string of the molecule is COc1ccc(Cn2ccnc2)cc1C#CCN. The minimum absolute atomic E-state index is 0.342. The van der Waals surface area contributed by atoms with E-state index in [0.29, 0.717) is 6.54 Å². The number of imidazole rings is 1. The third-order valence-corrected chi connectivity index (χ3v) is 2.51. The molecule has 0 unspecified atom stereocenters. The van der Waals surface area contributed by atoms with Crippen molar-refractivity contribution in [2.45, 2.75) is 6.54 Å². The fourth-order valence-corrected chi connectivity index (χ4v) is 1.69. The van der Waals surface area contributed by atoms with Gasteiger partial charge < -0.3 is 15.0 Å². The Morgan fingerprint density at radius 1 is 1.44 bits per heavy atom. The van der Waals surface area contributed by atoms with E-state index in [9.17, 15) is 0 Å². The van der Waals surface area contributed by atoms with E-state index in [1.165, 1.54) is 0 Å². The second kappa shape index (κ2) is 5.89. The molecule has 0 spiro atoms. The van der Waals surface area contributed by atoms with Gasteiger partial charge >= 0.3 is 0 Å². The Balaban J connectivity index is 2.27. The van der Waals surface area contributed by atoms with Crippen molar-refractivity contribution in [2.24, 2.45) is 5.73 Å². The van der Waals surface area contributed by atoms with Crippen LogP contribution in [0.1, 0.15) is 11.1 Å². The van der Waals surface area contributed by atoms with E-state index in [-0.39, 0.29) is 0 Å². The van der Waals surface area contributed by atoms with Crippen molar-refractivity contribution in [1.82, 2.24) is 9.55 Å². The lowest BCUT2D eigenvalue weighted by molar-refractivity contribution is 0.413. The number of nitrogens with two attached hydrogens (primary N) is 1. The quantitative estimate of drug-likeness (QED) is 0.823. The first-order valence-corrected chi connectivity index (χ1v) is 5.65. The molecule has 0 aliphatic rings. The van der Waals surface area contributed by atoms with Crippen LogP contribution in [0.25, 0.3) is 0 Å². The van der Waals surface area contributed by atoms with Crippen LogP contribution in [0.4, 0.5) is 0 Å². The summed E-state index contributed by atoms with van der Waals surface area (Å²) in [5, 5.41) is 0. The smallest absolute Gasteiger partial charge is 0.134 e. The highest BCUT2D eigenvalue weighted by molar-refractivity contribution is 5.48. The lowest BCUT2D eigenvalue weighted by Gasteiger charge is -2.07. The Kier molecular flexibility index (Phi) is 4.00. The summed E-state index contributed by atoms with van der Waals surface area (Å²) >= 11 is 0. The van der Waals surface area contributed by atoms with E-state index in [1.807, 2.05) is 29.0 Å². The van der Waals surface area contributed by atoms with Gasteiger partial charge in [-0.15, -0.1) is 0 Å². The van der Waals surface area contributed by atoms with E-state index < -0.39 is 0 Å². The summed E-state index contributed by atoms with van der Waals surface area (Å²) in [6, 6.07) is 5.96. The Labute approximate surface area is 106 Å². The number of hydrogen-bond donors (Lipinski definition) is 1. The van der Waals surface area contributed by atoms with Gasteiger partial charge in [0, 0.05) is 18.9 Å². The molecule has 4 heteroatoms. The molecule has 0 amide bonds. The molecule has 2 rings (SSSR count). The summed E-state index contributed by atoms with van der Waals surface area (Å²) in [5.74, 6) is 6.63. The highest BCUT2D eigenvalue weighted by atomic mass is 16.5. The van der Waals surface area contributed by atoms with Crippen molar-refractivity contribution in [3.8, 4) is 17.6 Å². The van der Waals surface area contributed by atoms with Crippen molar-refractivity contribution in [3.63, 3.8) is 0 Å². The molecule has 0 saturated heterocycles. The van der Waals surface area contributed by atoms with E-state index in [2.05, 4.69) is 16.8 Å². The van der Waals surface area contributed by atoms with Gasteiger partial charge in [0.25, 0.3) is 0 Å². The van der Waals surface area contributed by atoms with Crippen LogP contribution >= 0.6 is 0 Å². The lowest BCUT2D eigenvalue weighted by atomic mass is 10.1. The predicted octanol–water partition coefficient (Wildman–Crippen LogP) is 1.25. The number of nitrogens with zero attached hydrogens (tertiary/aromatic N) is 2. The largest absolute Gasteiger partial charge is 0.495 e. The van der Waals surface area contributed by atoms with Crippen LogP contribution in [0.5, 0.6) is 5.75 Å². The number of hydrogen-bond acceptors (Lipinski definition) is 3. The van der Waals surface area contributed by atoms with Gasteiger partial charge in [-0.05, 0) is 17.7 Å². The van der Waals surface area contributed by atoms with Crippen LogP contribution < -0.4 is 10.5 Å². The van der Waals surface area contributed by atoms with Crippen LogP contribution in [0.2, 0.25) is 0 Å². The molecule has 1 heterocycles. The lowest BCUT2D eigenvalue weighted by Crippen LogP contribution is -1.98. The molecule has 2 N–H and O–H groups in total. The Bertz CT molecular complexity index is 564. The van der Waals surface area contributed by atoms with Gasteiger partial charge in [-0.2, -0.15) is 0 Å². The molecule has 92 valence electrons. The van der Waals surface area contributed by atoms with Crippen LogP contribution in [0.15, 0.2) is 36.9 Å². The Hall–Kier alpha value is -2.25.